The molecule has 21 heavy (non-hydrogen) atoms. The molecule has 11 heteroatoms. The number of carboxylic acids is 1. The predicted octanol–water partition coefficient (Wildman–Crippen LogP) is -2.07. The monoisotopic (exact) mass is 318 g/mol. The number of hydrogen-bond donors (Lipinski definition) is 4. The number of nitrogens with one attached hydrogen (secondary N) is 2. The smallest absolute Gasteiger partial charge is 0.323 e. The van der Waals surface area contributed by atoms with Gasteiger partial charge in [-0.05, 0) is 6.07 Å². The first-order valence-electron chi connectivity index (χ1n) is 5.57. The molecular formula is C10H14N4O6S. The van der Waals surface area contributed by atoms with Crippen molar-refractivity contribution >= 4 is 27.8 Å². The van der Waals surface area contributed by atoms with E-state index in [9.17, 15) is 22.8 Å². The molecule has 0 saturated heterocycles. The maximum atomic E-state index is 11.8. The minimum absolute atomic E-state index is 0.0929. The molecule has 0 unspecified atom stereocenters. The van der Waals surface area contributed by atoms with Crippen LogP contribution in [0.3, 0.4) is 0 Å². The molecule has 0 bridgehead atoms. The molecule has 10 nitrogen and oxygen atoms in total. The summed E-state index contributed by atoms with van der Waals surface area (Å²) in [6.45, 7) is -1.15. The van der Waals surface area contributed by atoms with Gasteiger partial charge in [-0.3, -0.25) is 14.4 Å². The summed E-state index contributed by atoms with van der Waals surface area (Å²) in [4.78, 5) is 35.8. The van der Waals surface area contributed by atoms with Crippen molar-refractivity contribution in [2.75, 3.05) is 20.1 Å². The summed E-state index contributed by atoms with van der Waals surface area (Å²) in [6, 6.07) is 1.02. The Morgan fingerprint density at radius 2 is 2.05 bits per heavy atom. The number of sulfonamides is 1. The molecule has 0 fully saturated rings. The van der Waals surface area contributed by atoms with E-state index in [2.05, 4.69) is 4.98 Å². The van der Waals surface area contributed by atoms with Crippen LogP contribution in [0.1, 0.15) is 10.5 Å². The number of H-pyrrole nitrogens is 1. The van der Waals surface area contributed by atoms with Gasteiger partial charge in [0.25, 0.3) is 5.91 Å². The van der Waals surface area contributed by atoms with E-state index in [0.717, 1.165) is 17.2 Å². The lowest BCUT2D eigenvalue weighted by Crippen LogP contribution is -2.40. The van der Waals surface area contributed by atoms with Crippen molar-refractivity contribution in [3.05, 3.63) is 18.0 Å². The summed E-state index contributed by atoms with van der Waals surface area (Å²) in [5.74, 6) is -2.76. The van der Waals surface area contributed by atoms with Crippen LogP contribution in [-0.2, 0) is 19.6 Å². The highest BCUT2D eigenvalue weighted by atomic mass is 32.2. The molecule has 0 saturated carbocycles. The van der Waals surface area contributed by atoms with Crippen molar-refractivity contribution in [2.24, 2.45) is 5.73 Å². The standard InChI is InChI=1S/C10H14N4O6S/c1-14(5-9(16)17)8(15)4-13-21(19,20)6-2-7(10(11)18)12-3-6/h2-3,12-13H,4-5H2,1H3,(H2,11,18)(H,16,17). The Morgan fingerprint density at radius 1 is 1.43 bits per heavy atom. The van der Waals surface area contributed by atoms with E-state index >= 15 is 0 Å². The quantitative estimate of drug-likeness (QED) is 0.451. The SMILES string of the molecule is CN(CC(=O)O)C(=O)CNS(=O)(=O)c1c[nH]c(C(N)=O)c1. The van der Waals surface area contributed by atoms with Crippen LogP contribution in [0.15, 0.2) is 17.2 Å². The first kappa shape index (κ1) is 16.7. The minimum atomic E-state index is -4.01. The fraction of sp³-hybridized carbons (Fsp3) is 0.300. The number of hydrogen-bond acceptors (Lipinski definition) is 5. The summed E-state index contributed by atoms with van der Waals surface area (Å²) in [5.41, 5.74) is 4.88. The molecule has 1 aromatic rings. The van der Waals surface area contributed by atoms with E-state index in [1.807, 2.05) is 4.72 Å². The van der Waals surface area contributed by atoms with Crippen LogP contribution >= 0.6 is 0 Å². The molecule has 116 valence electrons. The number of aromatic amines is 1. The molecule has 0 aliphatic carbocycles. The second kappa shape index (κ2) is 6.37. The lowest BCUT2D eigenvalue weighted by atomic mass is 10.4. The molecule has 1 aromatic heterocycles. The first-order chi connectivity index (χ1) is 9.63. The van der Waals surface area contributed by atoms with E-state index in [1.165, 1.54) is 7.05 Å². The third kappa shape index (κ3) is 4.57. The Kier molecular flexibility index (Phi) is 5.05. The Bertz CT molecular complexity index is 665. The number of carboxylic acid groups (broad SMARTS) is 1. The Labute approximate surface area is 120 Å². The molecule has 0 aromatic carbocycles. The highest BCUT2D eigenvalue weighted by molar-refractivity contribution is 7.89. The van der Waals surface area contributed by atoms with Crippen LogP contribution in [0, 0.1) is 0 Å². The molecule has 0 atom stereocenters. The van der Waals surface area contributed by atoms with Crippen LogP contribution in [-0.4, -0.2) is 61.3 Å². The van der Waals surface area contributed by atoms with Gasteiger partial charge in [-0.15, -0.1) is 0 Å². The zero-order chi connectivity index (χ0) is 16.2. The summed E-state index contributed by atoms with van der Waals surface area (Å²) in [5, 5.41) is 8.51. The molecule has 0 aliphatic heterocycles. The Hall–Kier alpha value is -2.40. The second-order valence-electron chi connectivity index (χ2n) is 4.08. The molecular weight excluding hydrogens is 304 g/mol. The normalized spacial score (nSPS) is 11.1. The highest BCUT2D eigenvalue weighted by Gasteiger charge is 2.20. The van der Waals surface area contributed by atoms with Gasteiger partial charge in [0, 0.05) is 13.2 Å². The van der Waals surface area contributed by atoms with Crippen molar-refractivity contribution in [3.63, 3.8) is 0 Å². The van der Waals surface area contributed by atoms with E-state index in [-0.39, 0.29) is 10.6 Å². The lowest BCUT2D eigenvalue weighted by Gasteiger charge is -2.14. The van der Waals surface area contributed by atoms with Crippen molar-refractivity contribution in [1.82, 2.24) is 14.6 Å². The van der Waals surface area contributed by atoms with Gasteiger partial charge in [-0.2, -0.15) is 0 Å². The van der Waals surface area contributed by atoms with E-state index in [4.69, 9.17) is 10.8 Å². The number of nitrogens with zero attached hydrogens (tertiary/aromatic N) is 1. The van der Waals surface area contributed by atoms with Gasteiger partial charge in [-0.25, -0.2) is 13.1 Å². The van der Waals surface area contributed by atoms with Gasteiger partial charge in [0.2, 0.25) is 15.9 Å². The van der Waals surface area contributed by atoms with Crippen molar-refractivity contribution < 1.29 is 27.9 Å². The number of amides is 2. The zero-order valence-electron chi connectivity index (χ0n) is 11.0. The summed E-state index contributed by atoms with van der Waals surface area (Å²) in [7, 11) is -2.79. The number of carbonyl (C=O) groups is 3. The van der Waals surface area contributed by atoms with Crippen LogP contribution < -0.4 is 10.5 Å². The molecule has 0 aliphatic rings. The largest absolute Gasteiger partial charge is 0.480 e. The third-order valence-corrected chi connectivity index (χ3v) is 3.82. The lowest BCUT2D eigenvalue weighted by molar-refractivity contribution is -0.143. The number of aromatic nitrogens is 1. The van der Waals surface area contributed by atoms with Crippen LogP contribution in [0.25, 0.3) is 0 Å². The maximum Gasteiger partial charge on any atom is 0.323 e. The molecule has 5 N–H and O–H groups in total. The minimum Gasteiger partial charge on any atom is -0.480 e. The highest BCUT2D eigenvalue weighted by Crippen LogP contribution is 2.09. The van der Waals surface area contributed by atoms with Crippen molar-refractivity contribution in [3.8, 4) is 0 Å². The van der Waals surface area contributed by atoms with Gasteiger partial charge in [0.1, 0.15) is 17.1 Å². The number of nitrogens with two attached hydrogens (primary N) is 1. The Balaban J connectivity index is 2.70. The fourth-order valence-corrected chi connectivity index (χ4v) is 2.31. The molecule has 0 spiro atoms. The second-order valence-corrected chi connectivity index (χ2v) is 5.85. The summed E-state index contributed by atoms with van der Waals surface area (Å²) in [6.07, 6.45) is 1.05. The van der Waals surface area contributed by atoms with E-state index in [0.29, 0.717) is 0 Å². The van der Waals surface area contributed by atoms with E-state index in [1.54, 1.807) is 0 Å². The molecule has 1 heterocycles. The average molecular weight is 318 g/mol. The summed E-state index contributed by atoms with van der Waals surface area (Å²) < 4.78 is 25.7. The number of likely N-dealkylation sites (N-methyl/N-ethyl adjacent to an activating group) is 1. The Morgan fingerprint density at radius 3 is 2.52 bits per heavy atom. The van der Waals surface area contributed by atoms with E-state index < -0.39 is 40.9 Å². The molecule has 1 rings (SSSR count). The van der Waals surface area contributed by atoms with Gasteiger partial charge in [0.05, 0.1) is 6.54 Å². The third-order valence-electron chi connectivity index (χ3n) is 2.44. The van der Waals surface area contributed by atoms with Crippen LogP contribution in [0.2, 0.25) is 0 Å². The van der Waals surface area contributed by atoms with Crippen LogP contribution in [0.4, 0.5) is 0 Å². The predicted molar refractivity (Wildman–Crippen MR) is 69.8 cm³/mol. The molecule has 2 amide bonds. The number of primary amides is 1. The number of rotatable bonds is 7. The van der Waals surface area contributed by atoms with Crippen molar-refractivity contribution in [2.45, 2.75) is 4.90 Å². The molecule has 0 radical (unpaired) electrons. The van der Waals surface area contributed by atoms with Crippen LogP contribution in [0.5, 0.6) is 0 Å². The number of carbonyl (C=O) groups excluding carboxylic acids is 2. The average Bonchev–Trinajstić information content (AvgIpc) is 2.85. The maximum absolute atomic E-state index is 11.8. The topological polar surface area (TPSA) is 163 Å². The first-order valence-corrected chi connectivity index (χ1v) is 7.05. The van der Waals surface area contributed by atoms with Gasteiger partial charge < -0.3 is 20.7 Å². The van der Waals surface area contributed by atoms with Crippen molar-refractivity contribution in [1.29, 1.82) is 0 Å². The van der Waals surface area contributed by atoms with Gasteiger partial charge in [0.15, 0.2) is 0 Å². The van der Waals surface area contributed by atoms with Gasteiger partial charge >= 0.3 is 5.97 Å². The van der Waals surface area contributed by atoms with Gasteiger partial charge in [-0.1, -0.05) is 0 Å². The zero-order valence-corrected chi connectivity index (χ0v) is 11.8. The summed E-state index contributed by atoms with van der Waals surface area (Å²) >= 11 is 0. The number of aliphatic carboxylic acids is 1. The fourth-order valence-electron chi connectivity index (χ4n) is 1.34.